The van der Waals surface area contributed by atoms with E-state index in [1.165, 1.54) is 69.5 Å². The van der Waals surface area contributed by atoms with E-state index in [-0.39, 0.29) is 11.6 Å². The summed E-state index contributed by atoms with van der Waals surface area (Å²) < 4.78 is 38.0. The van der Waals surface area contributed by atoms with Crippen LogP contribution in [0.15, 0.2) is 258 Å². The Balaban J connectivity index is 0.000000104. The summed E-state index contributed by atoms with van der Waals surface area (Å²) >= 11 is 0. The second kappa shape index (κ2) is 38.3. The van der Waals surface area contributed by atoms with Gasteiger partial charge in [-0.05, 0) is 198 Å². The summed E-state index contributed by atoms with van der Waals surface area (Å²) in [4.78, 5) is 74.9. The number of nitrogens with zero attached hydrogens (tertiary/aromatic N) is 18. The van der Waals surface area contributed by atoms with Gasteiger partial charge in [-0.3, -0.25) is 15.0 Å². The van der Waals surface area contributed by atoms with Crippen molar-refractivity contribution in [1.29, 1.82) is 0 Å². The summed E-state index contributed by atoms with van der Waals surface area (Å²) in [6.07, 6.45) is 13.7. The van der Waals surface area contributed by atoms with E-state index in [0.717, 1.165) is 204 Å². The van der Waals surface area contributed by atoms with Crippen LogP contribution in [0, 0.1) is 18.6 Å². The topological polar surface area (TPSA) is 304 Å². The van der Waals surface area contributed by atoms with Crippen molar-refractivity contribution in [2.75, 3.05) is 133 Å². The van der Waals surface area contributed by atoms with Gasteiger partial charge in [0.25, 0.3) is 0 Å². The van der Waals surface area contributed by atoms with E-state index in [0.29, 0.717) is 66.8 Å². The molecule has 10 aromatic carbocycles. The van der Waals surface area contributed by atoms with E-state index in [1.807, 2.05) is 135 Å². The summed E-state index contributed by atoms with van der Waals surface area (Å²) in [6, 6.07) is 70.0. The SMILES string of the molecule is C1=NCc2ccc(Nc3nc(C4=CCNCC4)nc4ccccc34)cc21.C1=NCc2ccc(Nc3nc(N4CCNCC4)nc4ccccc34)cc21.C1=NCc2ccc(Nc3nc(N4CCOCC4)nc4ccccc34)cc21.Cc1cc(F)cc(Nc2nc(N3CCOCC3)nc3ccccc23)c1.Fc1cccc(Nc2nc(-c3cncnc3)nc3ccccc23)c1. The monoisotopic (exact) mass is 1690 g/mol. The van der Waals surface area contributed by atoms with Gasteiger partial charge >= 0.3 is 0 Å². The highest BCUT2D eigenvalue weighted by Gasteiger charge is 2.23. The number of morpholine rings is 2. The second-order valence-corrected chi connectivity index (χ2v) is 31.0. The van der Waals surface area contributed by atoms with E-state index in [1.54, 1.807) is 24.5 Å². The normalized spacial score (nSPS) is 14.7. The highest BCUT2D eigenvalue weighted by Crippen LogP contribution is 2.36. The number of ether oxygens (including phenoxy) is 2. The van der Waals surface area contributed by atoms with Crippen molar-refractivity contribution in [1.82, 2.24) is 70.4 Å². The molecule has 16 aromatic rings. The number of hydrogen-bond donors (Lipinski definition) is 7. The molecule has 0 atom stereocenters. The number of halogens is 2. The van der Waals surface area contributed by atoms with Gasteiger partial charge in [-0.15, -0.1) is 0 Å². The van der Waals surface area contributed by atoms with Crippen LogP contribution >= 0.6 is 0 Å². The maximum atomic E-state index is 13.7. The minimum Gasteiger partial charge on any atom is -0.378 e. The standard InChI is InChI=1S/C21H19N5.C20H20N6.C20H19N5O.C19H19FN4O.C18H12FN5/c1-2-4-19-18(3-1)21(26-20(25-19)14-7-9-22-10-8-14)24-17-6-5-15-12-23-13-16(15)11-17;1-2-4-18-17(3-1)19(25-20(24-18)26-9-7-21-8-10-26)23-16-6-5-14-12-22-13-15(14)11-16;1-2-4-18-17(3-1)19(24-20(23-18)25-7-9-26-10-8-25)22-16-6-5-14-12-21-13-15(14)11-16;1-13-10-14(20)12-15(11-13)21-18-16-4-2-3-5-17(16)22-19(23-18)24-6-8-25-9-7-24;19-13-4-3-5-14(8-13)22-18-15-6-1-2-7-16(15)23-17(24-18)12-9-20-11-21-10-12/h1-7,11,13,22H,8-10,12H2,(H,24,25,26);1-6,11,13,21H,7-10,12H2,(H,23,24,25);1-6,11,13H,7-10,12H2,(H,22,23,24);2-5,10-12H,6-9H2,1H3,(H,21,22,23);1-11H,(H,22,23,24). The first-order chi connectivity index (χ1) is 62.6. The maximum absolute atomic E-state index is 13.7. The first-order valence-corrected chi connectivity index (χ1v) is 42.5. The van der Waals surface area contributed by atoms with Gasteiger partial charge in [-0.1, -0.05) is 91.0 Å². The van der Waals surface area contributed by atoms with Crippen LogP contribution in [0.2, 0.25) is 0 Å². The molecule has 0 radical (unpaired) electrons. The van der Waals surface area contributed by atoms with Crippen LogP contribution in [0.1, 0.15) is 51.2 Å². The van der Waals surface area contributed by atoms with Crippen molar-refractivity contribution in [2.24, 2.45) is 15.0 Å². The lowest BCUT2D eigenvalue weighted by atomic mass is 10.1. The van der Waals surface area contributed by atoms with Crippen molar-refractivity contribution in [3.63, 3.8) is 0 Å². The third-order valence-corrected chi connectivity index (χ3v) is 22.2. The van der Waals surface area contributed by atoms with Gasteiger partial charge in [-0.25, -0.2) is 53.6 Å². The van der Waals surface area contributed by atoms with Crippen molar-refractivity contribution in [3.8, 4) is 11.4 Å². The van der Waals surface area contributed by atoms with E-state index < -0.39 is 0 Å². The Morgan fingerprint density at radius 3 is 1.17 bits per heavy atom. The van der Waals surface area contributed by atoms with Crippen LogP contribution in [0.25, 0.3) is 71.5 Å². The van der Waals surface area contributed by atoms with Crippen molar-refractivity contribution in [3.05, 3.63) is 300 Å². The summed E-state index contributed by atoms with van der Waals surface area (Å²) in [5.74, 6) is 6.74. The first-order valence-electron chi connectivity index (χ1n) is 42.5. The van der Waals surface area contributed by atoms with Gasteiger partial charge in [0.15, 0.2) is 11.6 Å². The fourth-order valence-electron chi connectivity index (χ4n) is 15.7. The van der Waals surface area contributed by atoms with E-state index >= 15 is 0 Å². The fraction of sp³-hybridized carbons (Fsp3) is 0.194. The molecule has 127 heavy (non-hydrogen) atoms. The van der Waals surface area contributed by atoms with E-state index in [9.17, 15) is 8.78 Å². The Kier molecular flexibility index (Phi) is 24.6. The quantitative estimate of drug-likeness (QED) is 0.0502. The van der Waals surface area contributed by atoms with Crippen LogP contribution in [0.5, 0.6) is 0 Å². The average Bonchev–Trinajstić information content (AvgIpc) is 1.02. The molecule has 0 amide bonds. The molecular formula is C98H89F2N25O2. The molecule has 632 valence electrons. The summed E-state index contributed by atoms with van der Waals surface area (Å²) in [5, 5.41) is 28.4. The fourth-order valence-corrected chi connectivity index (χ4v) is 15.7. The van der Waals surface area contributed by atoms with Crippen LogP contribution in [-0.4, -0.2) is 170 Å². The molecule has 13 heterocycles. The molecule has 27 nitrogen and oxygen atoms in total. The van der Waals surface area contributed by atoms with Crippen LogP contribution < -0.4 is 51.9 Å². The zero-order chi connectivity index (χ0) is 85.6. The highest BCUT2D eigenvalue weighted by atomic mass is 19.1. The number of fused-ring (bicyclic) bond motifs is 8. The van der Waals surface area contributed by atoms with Crippen molar-refractivity contribution >= 4 is 154 Å². The Hall–Kier alpha value is -15.2. The van der Waals surface area contributed by atoms with Gasteiger partial charge in [0.1, 0.15) is 47.1 Å². The smallest absolute Gasteiger partial charge is 0.228 e. The van der Waals surface area contributed by atoms with Crippen molar-refractivity contribution in [2.45, 2.75) is 33.0 Å². The molecule has 23 rings (SSSR count). The summed E-state index contributed by atoms with van der Waals surface area (Å²) in [7, 11) is 0. The lowest BCUT2D eigenvalue weighted by molar-refractivity contribution is 0.122. The molecule has 0 saturated carbocycles. The molecule has 7 N–H and O–H groups in total. The Morgan fingerprint density at radius 1 is 0.346 bits per heavy atom. The average molecular weight is 1690 g/mol. The summed E-state index contributed by atoms with van der Waals surface area (Å²) in [5.41, 5.74) is 18.9. The Bertz CT molecular complexity index is 6660. The van der Waals surface area contributed by atoms with E-state index in [4.69, 9.17) is 44.4 Å². The third-order valence-electron chi connectivity index (χ3n) is 22.2. The van der Waals surface area contributed by atoms with Crippen molar-refractivity contribution < 1.29 is 18.3 Å². The molecule has 0 unspecified atom stereocenters. The second-order valence-electron chi connectivity index (χ2n) is 31.0. The molecule has 7 aliphatic rings. The minimum absolute atomic E-state index is 0.269. The Morgan fingerprint density at radius 2 is 0.740 bits per heavy atom. The highest BCUT2D eigenvalue weighted by molar-refractivity contribution is 5.98. The molecule has 0 aliphatic carbocycles. The summed E-state index contributed by atoms with van der Waals surface area (Å²) in [6.45, 7) is 15.7. The lowest BCUT2D eigenvalue weighted by Crippen LogP contribution is -2.44. The van der Waals surface area contributed by atoms with E-state index in [2.05, 4.69) is 171 Å². The predicted octanol–water partition coefficient (Wildman–Crippen LogP) is 17.2. The first kappa shape index (κ1) is 81.5. The molecule has 6 aromatic heterocycles. The number of para-hydroxylation sites is 5. The lowest BCUT2D eigenvalue weighted by Gasteiger charge is -2.28. The maximum Gasteiger partial charge on any atom is 0.228 e. The third kappa shape index (κ3) is 19.6. The molecule has 29 heteroatoms. The molecule has 0 bridgehead atoms. The number of piperazine rings is 1. The zero-order valence-corrected chi connectivity index (χ0v) is 69.7. The number of rotatable bonds is 15. The number of anilines is 13. The molecular weight excluding hydrogens is 1600 g/mol. The number of nitrogens with one attached hydrogen (secondary N) is 7. The number of aryl methyl sites for hydroxylation is 1. The largest absolute Gasteiger partial charge is 0.378 e. The minimum atomic E-state index is -0.310. The van der Waals surface area contributed by atoms with Gasteiger partial charge < -0.3 is 61.4 Å². The zero-order valence-electron chi connectivity index (χ0n) is 69.7. The number of hydrogen-bond acceptors (Lipinski definition) is 27. The molecule has 3 fully saturated rings. The van der Waals surface area contributed by atoms with Gasteiger partial charge in [0.05, 0.1) is 79.2 Å². The molecule has 3 saturated heterocycles. The van der Waals surface area contributed by atoms with Gasteiger partial charge in [0, 0.05) is 145 Å². The molecule has 7 aliphatic heterocycles. The van der Waals surface area contributed by atoms with Crippen LogP contribution in [0.3, 0.4) is 0 Å². The van der Waals surface area contributed by atoms with Crippen LogP contribution in [-0.2, 0) is 29.1 Å². The number of aliphatic imine (C=N–C) groups is 3. The van der Waals surface area contributed by atoms with Gasteiger partial charge in [-0.2, -0.15) is 15.0 Å². The molecule has 0 spiro atoms. The Labute approximate surface area is 730 Å². The van der Waals surface area contributed by atoms with Gasteiger partial charge in [0.2, 0.25) is 17.8 Å². The number of aromatic nitrogens is 12. The number of benzene rings is 10. The van der Waals surface area contributed by atoms with Crippen LogP contribution in [0.4, 0.5) is 84.2 Å². The predicted molar refractivity (Wildman–Crippen MR) is 502 cm³/mol.